The Morgan fingerprint density at radius 3 is 2.71 bits per heavy atom. The summed E-state index contributed by atoms with van der Waals surface area (Å²) in [5, 5.41) is 9.31. The lowest BCUT2D eigenvalue weighted by molar-refractivity contribution is -0.358. The molecule has 0 saturated carbocycles. The molecule has 2 saturated heterocycles. The van der Waals surface area contributed by atoms with E-state index >= 15 is 0 Å². The number of carboxylic acid groups (broad SMARTS) is 1. The lowest BCUT2D eigenvalue weighted by Crippen LogP contribution is -2.60. The molecule has 2 fully saturated rings. The second-order valence-corrected chi connectivity index (χ2v) is 7.38. The highest BCUT2D eigenvalue weighted by molar-refractivity contribution is 5.71. The average molecular weight is 394 g/mol. The van der Waals surface area contributed by atoms with Gasteiger partial charge >= 0.3 is 5.97 Å². The van der Waals surface area contributed by atoms with Crippen LogP contribution in [0.5, 0.6) is 0 Å². The van der Waals surface area contributed by atoms with E-state index in [1.54, 1.807) is 0 Å². The van der Waals surface area contributed by atoms with E-state index in [1.807, 2.05) is 37.3 Å². The third-order valence-electron chi connectivity index (χ3n) is 5.20. The van der Waals surface area contributed by atoms with Gasteiger partial charge in [0.15, 0.2) is 18.7 Å². The molecule has 28 heavy (non-hydrogen) atoms. The lowest BCUT2D eigenvalue weighted by Gasteiger charge is -2.48. The van der Waals surface area contributed by atoms with Crippen molar-refractivity contribution in [1.82, 2.24) is 0 Å². The molecule has 7 heteroatoms. The Kier molecular flexibility index (Phi) is 7.42. The fourth-order valence-electron chi connectivity index (χ4n) is 3.52. The number of carbonyl (C=O) groups is 1. The highest BCUT2D eigenvalue weighted by Crippen LogP contribution is 2.38. The van der Waals surface area contributed by atoms with Gasteiger partial charge in [-0.3, -0.25) is 0 Å². The van der Waals surface area contributed by atoms with E-state index in [-0.39, 0.29) is 12.0 Å². The maximum Gasteiger partial charge on any atom is 0.332 e. The number of fused-ring (bicyclic) bond motifs is 1. The maximum atomic E-state index is 11.4. The van der Waals surface area contributed by atoms with Crippen molar-refractivity contribution in [3.05, 3.63) is 35.9 Å². The van der Waals surface area contributed by atoms with Gasteiger partial charge in [-0.15, -0.1) is 0 Å². The summed E-state index contributed by atoms with van der Waals surface area (Å²) in [6, 6.07) is 9.65. The zero-order valence-electron chi connectivity index (χ0n) is 16.7. The number of carboxylic acids is 1. The topological polar surface area (TPSA) is 83.5 Å². The third kappa shape index (κ3) is 4.90. The fraction of sp³-hybridized carbons (Fsp3) is 0.667. The van der Waals surface area contributed by atoms with Gasteiger partial charge in [-0.2, -0.15) is 0 Å². The first kappa shape index (κ1) is 21.2. The van der Waals surface area contributed by atoms with Crippen molar-refractivity contribution in [2.75, 3.05) is 13.2 Å². The molecule has 1 aromatic carbocycles. The van der Waals surface area contributed by atoms with E-state index < -0.39 is 36.9 Å². The highest BCUT2D eigenvalue weighted by Gasteiger charge is 2.50. The van der Waals surface area contributed by atoms with Crippen LogP contribution >= 0.6 is 0 Å². The van der Waals surface area contributed by atoms with Crippen LogP contribution in [0.25, 0.3) is 0 Å². The molecule has 0 amide bonds. The van der Waals surface area contributed by atoms with E-state index in [4.69, 9.17) is 23.7 Å². The predicted molar refractivity (Wildman–Crippen MR) is 101 cm³/mol. The van der Waals surface area contributed by atoms with E-state index in [0.717, 1.165) is 18.4 Å². The summed E-state index contributed by atoms with van der Waals surface area (Å²) >= 11 is 0. The van der Waals surface area contributed by atoms with Crippen LogP contribution < -0.4 is 0 Å². The Labute approximate surface area is 165 Å². The molecule has 2 aliphatic heterocycles. The summed E-state index contributed by atoms with van der Waals surface area (Å²) in [7, 11) is 0. The standard InChI is InChI=1S/C21H30O7/c1-4-5-11-24-20-13(2)17(26-14(3)19(22)23)18-16(27-20)12-25-21(28-18)15-9-7-6-8-10-15/h6-10,13-14,16-18,20-21H,4-5,11-12H2,1-3H3,(H,22,23)/t13?,14-,16?,17+,18+,20-,21?/m0/s1. The van der Waals surface area contributed by atoms with Crippen molar-refractivity contribution in [3.63, 3.8) is 0 Å². The molecule has 2 heterocycles. The van der Waals surface area contributed by atoms with Crippen molar-refractivity contribution in [1.29, 1.82) is 0 Å². The van der Waals surface area contributed by atoms with Crippen molar-refractivity contribution >= 4 is 5.97 Å². The first-order valence-electron chi connectivity index (χ1n) is 9.98. The summed E-state index contributed by atoms with van der Waals surface area (Å²) in [5.74, 6) is -1.19. The smallest absolute Gasteiger partial charge is 0.332 e. The van der Waals surface area contributed by atoms with Crippen LogP contribution in [0.15, 0.2) is 30.3 Å². The zero-order chi connectivity index (χ0) is 20.1. The van der Waals surface area contributed by atoms with Gasteiger partial charge < -0.3 is 28.8 Å². The number of ether oxygens (including phenoxy) is 5. The fourth-order valence-corrected chi connectivity index (χ4v) is 3.52. The molecular weight excluding hydrogens is 364 g/mol. The van der Waals surface area contributed by atoms with E-state index in [0.29, 0.717) is 13.2 Å². The number of rotatable bonds is 8. The molecule has 1 N–H and O–H groups in total. The van der Waals surface area contributed by atoms with Crippen LogP contribution in [0, 0.1) is 5.92 Å². The summed E-state index contributed by atoms with van der Waals surface area (Å²) in [5.41, 5.74) is 0.903. The second kappa shape index (κ2) is 9.80. The number of unbranched alkanes of at least 4 members (excludes halogenated alkanes) is 1. The second-order valence-electron chi connectivity index (χ2n) is 7.38. The molecule has 0 bridgehead atoms. The zero-order valence-corrected chi connectivity index (χ0v) is 16.7. The largest absolute Gasteiger partial charge is 0.479 e. The Morgan fingerprint density at radius 1 is 1.29 bits per heavy atom. The van der Waals surface area contributed by atoms with Crippen molar-refractivity contribution in [2.24, 2.45) is 5.92 Å². The minimum Gasteiger partial charge on any atom is -0.479 e. The molecule has 2 aliphatic rings. The Morgan fingerprint density at radius 2 is 2.04 bits per heavy atom. The van der Waals surface area contributed by atoms with Crippen LogP contribution in [0.2, 0.25) is 0 Å². The van der Waals surface area contributed by atoms with Gasteiger partial charge in [-0.05, 0) is 13.3 Å². The van der Waals surface area contributed by atoms with Crippen LogP contribution in [0.1, 0.15) is 45.5 Å². The van der Waals surface area contributed by atoms with Crippen molar-refractivity contribution < 1.29 is 33.6 Å². The third-order valence-corrected chi connectivity index (χ3v) is 5.20. The Hall–Kier alpha value is -1.51. The minimum atomic E-state index is -1.01. The molecule has 3 unspecified atom stereocenters. The van der Waals surface area contributed by atoms with Gasteiger partial charge in [-0.25, -0.2) is 4.79 Å². The average Bonchev–Trinajstić information content (AvgIpc) is 2.71. The van der Waals surface area contributed by atoms with Crippen LogP contribution in [0.4, 0.5) is 0 Å². The number of aliphatic carboxylic acids is 1. The lowest BCUT2D eigenvalue weighted by atomic mass is 9.91. The van der Waals surface area contributed by atoms with E-state index in [2.05, 4.69) is 6.92 Å². The molecule has 156 valence electrons. The number of benzene rings is 1. The van der Waals surface area contributed by atoms with Gasteiger partial charge in [0.2, 0.25) is 0 Å². The van der Waals surface area contributed by atoms with Crippen molar-refractivity contribution in [2.45, 2.75) is 70.6 Å². The normalized spacial score (nSPS) is 33.8. The first-order valence-corrected chi connectivity index (χ1v) is 9.98. The summed E-state index contributed by atoms with van der Waals surface area (Å²) in [4.78, 5) is 11.4. The first-order chi connectivity index (χ1) is 13.5. The molecule has 7 atom stereocenters. The molecule has 3 rings (SSSR count). The minimum absolute atomic E-state index is 0.186. The van der Waals surface area contributed by atoms with Crippen molar-refractivity contribution in [3.8, 4) is 0 Å². The summed E-state index contributed by atoms with van der Waals surface area (Å²) in [6.07, 6.45) is -1.33. The monoisotopic (exact) mass is 394 g/mol. The van der Waals surface area contributed by atoms with Crippen LogP contribution in [-0.2, 0) is 28.5 Å². The Balaban J connectivity index is 1.76. The molecule has 1 aromatic rings. The molecule has 0 radical (unpaired) electrons. The highest BCUT2D eigenvalue weighted by atomic mass is 16.7. The number of hydrogen-bond donors (Lipinski definition) is 1. The van der Waals surface area contributed by atoms with E-state index in [9.17, 15) is 9.90 Å². The quantitative estimate of drug-likeness (QED) is 0.678. The SMILES string of the molecule is CCCCO[C@H]1OC2COC(c3ccccc3)O[C@H]2[C@H](O[C@@H](C)C(=O)O)C1C. The van der Waals surface area contributed by atoms with Gasteiger partial charge in [0.1, 0.15) is 12.2 Å². The van der Waals surface area contributed by atoms with Crippen LogP contribution in [-0.4, -0.2) is 55.0 Å². The summed E-state index contributed by atoms with van der Waals surface area (Å²) in [6.45, 7) is 6.48. The predicted octanol–water partition coefficient (Wildman–Crippen LogP) is 3.14. The van der Waals surface area contributed by atoms with Gasteiger partial charge in [0.05, 0.1) is 12.7 Å². The van der Waals surface area contributed by atoms with Gasteiger partial charge in [-0.1, -0.05) is 50.6 Å². The maximum absolute atomic E-state index is 11.4. The Bertz CT molecular complexity index is 622. The molecule has 0 aromatic heterocycles. The number of hydrogen-bond acceptors (Lipinski definition) is 6. The van der Waals surface area contributed by atoms with Gasteiger partial charge in [0.25, 0.3) is 0 Å². The molecule has 0 spiro atoms. The molecule has 0 aliphatic carbocycles. The van der Waals surface area contributed by atoms with Crippen LogP contribution in [0.3, 0.4) is 0 Å². The van der Waals surface area contributed by atoms with E-state index in [1.165, 1.54) is 6.92 Å². The van der Waals surface area contributed by atoms with Gasteiger partial charge in [0, 0.05) is 18.1 Å². The molecule has 7 nitrogen and oxygen atoms in total. The molecular formula is C21H30O7. The summed E-state index contributed by atoms with van der Waals surface area (Å²) < 4.78 is 30.0.